The summed E-state index contributed by atoms with van der Waals surface area (Å²) in [6, 6.07) is -0.949. The van der Waals surface area contributed by atoms with E-state index in [0.717, 1.165) is 0 Å². The summed E-state index contributed by atoms with van der Waals surface area (Å²) < 4.78 is 11.4. The highest BCUT2D eigenvalue weighted by Gasteiger charge is 2.75. The molecule has 3 saturated heterocycles. The fourth-order valence-electron chi connectivity index (χ4n) is 5.14. The number of hydrogen-bond donors (Lipinski definition) is 1. The van der Waals surface area contributed by atoms with Crippen LogP contribution >= 0.6 is 0 Å². The van der Waals surface area contributed by atoms with Crippen LogP contribution in [0.25, 0.3) is 0 Å². The number of hydrogen-bond acceptors (Lipinski definition) is 6. The van der Waals surface area contributed by atoms with Gasteiger partial charge in [-0.15, -0.1) is 6.58 Å². The maximum Gasteiger partial charge on any atom is 0.312 e. The summed E-state index contributed by atoms with van der Waals surface area (Å²) in [5.74, 6) is -2.44. The molecule has 8 nitrogen and oxygen atoms in total. The number of esters is 1. The molecule has 8 heteroatoms. The van der Waals surface area contributed by atoms with Gasteiger partial charge in [0.15, 0.2) is 0 Å². The lowest BCUT2D eigenvalue weighted by molar-refractivity contribution is -0.155. The molecule has 2 bridgehead atoms. The third-order valence-corrected chi connectivity index (χ3v) is 6.17. The van der Waals surface area contributed by atoms with Crippen LogP contribution in [0.5, 0.6) is 0 Å². The van der Waals surface area contributed by atoms with Crippen LogP contribution in [-0.4, -0.2) is 82.8 Å². The normalized spacial score (nSPS) is 33.3. The first-order chi connectivity index (χ1) is 13.3. The molecule has 156 valence electrons. The third-order valence-electron chi connectivity index (χ3n) is 6.17. The van der Waals surface area contributed by atoms with E-state index in [2.05, 4.69) is 6.58 Å². The van der Waals surface area contributed by atoms with Crippen molar-refractivity contribution in [2.24, 2.45) is 11.8 Å². The highest BCUT2D eigenvalue weighted by molar-refractivity contribution is 5.98. The van der Waals surface area contributed by atoms with E-state index in [0.29, 0.717) is 19.4 Å². The molecule has 0 aromatic heterocycles. The Morgan fingerprint density at radius 1 is 1.50 bits per heavy atom. The summed E-state index contributed by atoms with van der Waals surface area (Å²) in [5.41, 5.74) is -1.04. The van der Waals surface area contributed by atoms with Crippen LogP contribution in [-0.2, 0) is 23.9 Å². The number of β-amino-alcohol motifs (C(OH)–C–C–N with tert-alkyl or cyclic N) is 1. The highest BCUT2D eigenvalue weighted by Crippen LogP contribution is 2.58. The lowest BCUT2D eigenvalue weighted by Gasteiger charge is -2.38. The second-order valence-electron chi connectivity index (χ2n) is 7.94. The summed E-state index contributed by atoms with van der Waals surface area (Å²) in [6.07, 6.45) is 2.37. The summed E-state index contributed by atoms with van der Waals surface area (Å²) in [4.78, 5) is 42.5. The van der Waals surface area contributed by atoms with Crippen molar-refractivity contribution in [1.82, 2.24) is 9.80 Å². The lowest BCUT2D eigenvalue weighted by Crippen LogP contribution is -2.57. The molecule has 1 spiro atoms. The van der Waals surface area contributed by atoms with E-state index in [9.17, 15) is 19.5 Å². The van der Waals surface area contributed by atoms with Gasteiger partial charge in [-0.05, 0) is 33.6 Å². The van der Waals surface area contributed by atoms with E-state index < -0.39 is 35.6 Å². The van der Waals surface area contributed by atoms with Gasteiger partial charge in [-0.2, -0.15) is 0 Å². The lowest BCUT2D eigenvalue weighted by atomic mass is 9.70. The topological polar surface area (TPSA) is 96.4 Å². The zero-order chi connectivity index (χ0) is 20.6. The average molecular weight is 394 g/mol. The first-order valence-electron chi connectivity index (χ1n) is 10.0. The molecule has 3 aliphatic rings. The number of nitrogens with zero attached hydrogens (tertiary/aromatic N) is 2. The van der Waals surface area contributed by atoms with Crippen LogP contribution in [0.2, 0.25) is 0 Å². The Balaban J connectivity index is 2.02. The molecule has 3 fully saturated rings. The number of fused-ring (bicyclic) bond motifs is 1. The molecule has 0 saturated carbocycles. The van der Waals surface area contributed by atoms with Crippen LogP contribution < -0.4 is 0 Å². The monoisotopic (exact) mass is 394 g/mol. The van der Waals surface area contributed by atoms with Gasteiger partial charge in [-0.1, -0.05) is 6.08 Å². The number of carbonyl (C=O) groups is 3. The summed E-state index contributed by atoms with van der Waals surface area (Å²) in [5, 5.41) is 9.52. The van der Waals surface area contributed by atoms with Crippen LogP contribution in [0.1, 0.15) is 33.6 Å². The molecule has 3 rings (SSSR count). The maximum absolute atomic E-state index is 13.5. The molecule has 5 atom stereocenters. The van der Waals surface area contributed by atoms with Gasteiger partial charge in [-0.25, -0.2) is 0 Å². The van der Waals surface area contributed by atoms with Gasteiger partial charge in [0.25, 0.3) is 0 Å². The molecule has 3 heterocycles. The molecule has 2 unspecified atom stereocenters. The molecule has 1 N–H and O–H groups in total. The van der Waals surface area contributed by atoms with Crippen LogP contribution in [0.3, 0.4) is 0 Å². The quantitative estimate of drug-likeness (QED) is 0.471. The van der Waals surface area contributed by atoms with Crippen molar-refractivity contribution < 1.29 is 29.0 Å². The number of aliphatic hydroxyl groups excluding tert-OH is 1. The minimum absolute atomic E-state index is 0.0249. The number of amides is 2. The van der Waals surface area contributed by atoms with Gasteiger partial charge in [0.2, 0.25) is 11.8 Å². The van der Waals surface area contributed by atoms with Crippen LogP contribution in [0, 0.1) is 11.8 Å². The summed E-state index contributed by atoms with van der Waals surface area (Å²) in [7, 11) is 0. The molecular formula is C20H30N2O6. The SMILES string of the molecule is C=CCN(C(=O)C1N(CCO)C(=O)[C@@H]2[C@H](C(=O)OCC)[C@@H]3CCC12O3)C(C)C. The Kier molecular flexibility index (Phi) is 5.82. The van der Waals surface area contributed by atoms with Crippen molar-refractivity contribution in [3.05, 3.63) is 12.7 Å². The number of aliphatic hydroxyl groups is 1. The van der Waals surface area contributed by atoms with Gasteiger partial charge < -0.3 is 24.4 Å². The second-order valence-corrected chi connectivity index (χ2v) is 7.94. The van der Waals surface area contributed by atoms with Gasteiger partial charge in [0.05, 0.1) is 31.2 Å². The van der Waals surface area contributed by atoms with Gasteiger partial charge in [-0.3, -0.25) is 14.4 Å². The molecule has 0 aromatic rings. The molecule has 0 radical (unpaired) electrons. The molecule has 0 aliphatic carbocycles. The number of likely N-dealkylation sites (tertiary alicyclic amines) is 1. The second kappa shape index (κ2) is 7.83. The van der Waals surface area contributed by atoms with Crippen molar-refractivity contribution in [3.8, 4) is 0 Å². The van der Waals surface area contributed by atoms with Crippen molar-refractivity contribution >= 4 is 17.8 Å². The standard InChI is InChI=1S/C20H30N2O6/c1-5-9-21(12(3)4)18(25)16-20-8-7-13(28-20)14(19(26)27-6-2)15(20)17(24)22(16)10-11-23/h5,12-16,23H,1,6-11H2,2-4H3/t13-,14+,15-,16?,20?/m0/s1. The Bertz CT molecular complexity index is 665. The zero-order valence-electron chi connectivity index (χ0n) is 16.8. The predicted molar refractivity (Wildman–Crippen MR) is 100 cm³/mol. The van der Waals surface area contributed by atoms with Crippen LogP contribution in [0.15, 0.2) is 12.7 Å². The third kappa shape index (κ3) is 2.93. The number of carbonyl (C=O) groups excluding carboxylic acids is 3. The van der Waals surface area contributed by atoms with Crippen molar-refractivity contribution in [1.29, 1.82) is 0 Å². The Morgan fingerprint density at radius 2 is 2.21 bits per heavy atom. The fraction of sp³-hybridized carbons (Fsp3) is 0.750. The maximum atomic E-state index is 13.5. The van der Waals surface area contributed by atoms with E-state index in [1.807, 2.05) is 13.8 Å². The fourth-order valence-corrected chi connectivity index (χ4v) is 5.14. The van der Waals surface area contributed by atoms with Crippen molar-refractivity contribution in [2.45, 2.75) is 57.4 Å². The highest BCUT2D eigenvalue weighted by atomic mass is 16.6. The predicted octanol–water partition coefficient (Wildman–Crippen LogP) is 0.339. The van der Waals surface area contributed by atoms with E-state index in [4.69, 9.17) is 9.47 Å². The first kappa shape index (κ1) is 20.8. The Morgan fingerprint density at radius 3 is 2.79 bits per heavy atom. The largest absolute Gasteiger partial charge is 0.466 e. The van der Waals surface area contributed by atoms with Crippen molar-refractivity contribution in [2.75, 3.05) is 26.3 Å². The first-order valence-corrected chi connectivity index (χ1v) is 10.0. The minimum atomic E-state index is -1.04. The summed E-state index contributed by atoms with van der Waals surface area (Å²) >= 11 is 0. The molecule has 3 aliphatic heterocycles. The molecular weight excluding hydrogens is 364 g/mol. The van der Waals surface area contributed by atoms with Gasteiger partial charge >= 0.3 is 5.97 Å². The zero-order valence-corrected chi connectivity index (χ0v) is 16.8. The summed E-state index contributed by atoms with van der Waals surface area (Å²) in [6.45, 7) is 9.57. The minimum Gasteiger partial charge on any atom is -0.466 e. The van der Waals surface area contributed by atoms with Crippen LogP contribution in [0.4, 0.5) is 0 Å². The molecule has 0 aromatic carbocycles. The molecule has 2 amide bonds. The number of ether oxygens (including phenoxy) is 2. The van der Waals surface area contributed by atoms with E-state index in [-0.39, 0.29) is 37.6 Å². The Hall–Kier alpha value is -1.93. The van der Waals surface area contributed by atoms with E-state index >= 15 is 0 Å². The van der Waals surface area contributed by atoms with Gasteiger partial charge in [0.1, 0.15) is 11.6 Å². The number of rotatable bonds is 8. The van der Waals surface area contributed by atoms with Crippen molar-refractivity contribution in [3.63, 3.8) is 0 Å². The Labute approximate surface area is 165 Å². The molecule has 28 heavy (non-hydrogen) atoms. The van der Waals surface area contributed by atoms with E-state index in [1.165, 1.54) is 4.90 Å². The van der Waals surface area contributed by atoms with Gasteiger partial charge in [0, 0.05) is 19.1 Å². The van der Waals surface area contributed by atoms with E-state index in [1.54, 1.807) is 17.9 Å². The smallest absolute Gasteiger partial charge is 0.312 e. The average Bonchev–Trinajstić information content (AvgIpc) is 3.27.